The van der Waals surface area contributed by atoms with Crippen LogP contribution in [0.1, 0.15) is 48.9 Å². The molecule has 1 N–H and O–H groups in total. The Balaban J connectivity index is 1.45. The first-order valence-electron chi connectivity index (χ1n) is 10.2. The van der Waals surface area contributed by atoms with Crippen LogP contribution in [0.15, 0.2) is 42.6 Å². The van der Waals surface area contributed by atoms with E-state index in [9.17, 15) is 5.11 Å². The van der Waals surface area contributed by atoms with E-state index in [2.05, 4.69) is 34.1 Å². The highest BCUT2D eigenvalue weighted by atomic mass is 16.3. The molecule has 3 atom stereocenters. The van der Waals surface area contributed by atoms with Crippen LogP contribution < -0.4 is 0 Å². The van der Waals surface area contributed by atoms with Gasteiger partial charge in [-0.15, -0.1) is 0 Å². The second-order valence-electron chi connectivity index (χ2n) is 8.48. The maximum absolute atomic E-state index is 10.1. The monoisotopic (exact) mass is 348 g/mol. The number of nitrogens with zero attached hydrogens (tertiary/aromatic N) is 2. The second-order valence-corrected chi connectivity index (χ2v) is 8.48. The van der Waals surface area contributed by atoms with Crippen LogP contribution in [0.4, 0.5) is 0 Å². The Bertz CT molecular complexity index is 790. The van der Waals surface area contributed by atoms with Crippen molar-refractivity contribution in [2.75, 3.05) is 13.1 Å². The van der Waals surface area contributed by atoms with E-state index in [0.29, 0.717) is 17.2 Å². The molecule has 3 heteroatoms. The van der Waals surface area contributed by atoms with Crippen LogP contribution in [0.3, 0.4) is 0 Å². The van der Waals surface area contributed by atoms with Crippen LogP contribution in [0.2, 0.25) is 0 Å². The number of phenolic OH excluding ortho intramolecular Hbond substituents is 1. The van der Waals surface area contributed by atoms with Crippen LogP contribution >= 0.6 is 0 Å². The molecule has 1 saturated heterocycles. The molecule has 3 aliphatic rings. The summed E-state index contributed by atoms with van der Waals surface area (Å²) in [6.07, 6.45) is 10.7. The Hall–Kier alpha value is -1.87. The number of pyridine rings is 1. The van der Waals surface area contributed by atoms with Crippen LogP contribution in [-0.2, 0) is 18.3 Å². The largest absolute Gasteiger partial charge is 0.508 e. The molecule has 26 heavy (non-hydrogen) atoms. The van der Waals surface area contributed by atoms with E-state index in [1.54, 1.807) is 0 Å². The third kappa shape index (κ3) is 2.56. The SMILES string of the molecule is Oc1ccc2c(c1)[C@]13CCCC[C@H]1[C@@H](C2)N(CCc1ccccn1)CC3. The minimum absolute atomic E-state index is 0.316. The molecule has 0 unspecified atom stereocenters. The number of aromatic nitrogens is 1. The first-order valence-corrected chi connectivity index (χ1v) is 10.2. The van der Waals surface area contributed by atoms with Crippen molar-refractivity contribution < 1.29 is 5.11 Å². The van der Waals surface area contributed by atoms with Gasteiger partial charge in [0, 0.05) is 36.3 Å². The number of hydrogen-bond acceptors (Lipinski definition) is 3. The zero-order valence-corrected chi connectivity index (χ0v) is 15.4. The molecule has 2 aromatic rings. The predicted octanol–water partition coefficient (Wildman–Crippen LogP) is 4.09. The Kier molecular flexibility index (Phi) is 4.00. The van der Waals surface area contributed by atoms with Gasteiger partial charge in [-0.05, 0) is 73.5 Å². The lowest BCUT2D eigenvalue weighted by Gasteiger charge is -2.59. The van der Waals surface area contributed by atoms with Gasteiger partial charge in [0.25, 0.3) is 0 Å². The molecular weight excluding hydrogens is 320 g/mol. The van der Waals surface area contributed by atoms with Crippen molar-refractivity contribution in [1.82, 2.24) is 9.88 Å². The predicted molar refractivity (Wildman–Crippen MR) is 103 cm³/mol. The first kappa shape index (κ1) is 16.3. The van der Waals surface area contributed by atoms with Gasteiger partial charge in [-0.3, -0.25) is 9.88 Å². The average molecular weight is 348 g/mol. The normalized spacial score (nSPS) is 30.5. The third-order valence-electron chi connectivity index (χ3n) is 7.32. The standard InChI is InChI=1S/C23H28N2O/c26-19-8-7-17-15-22-20-6-1-3-10-23(20,21(17)16-19)11-14-25(22)13-9-18-5-2-4-12-24-18/h2,4-5,7-8,12,16,20,22,26H,1,3,6,9-11,13-15H2/t20-,22+,23-/m0/s1. The number of likely N-dealkylation sites (tertiary alicyclic amines) is 1. The quantitative estimate of drug-likeness (QED) is 0.908. The summed E-state index contributed by atoms with van der Waals surface area (Å²) in [5.74, 6) is 1.20. The molecule has 0 radical (unpaired) electrons. The number of hydrogen-bond donors (Lipinski definition) is 1. The van der Waals surface area contributed by atoms with Gasteiger partial charge < -0.3 is 5.11 Å². The molecule has 1 aromatic heterocycles. The lowest BCUT2D eigenvalue weighted by Crippen LogP contribution is -2.61. The van der Waals surface area contributed by atoms with E-state index in [-0.39, 0.29) is 0 Å². The van der Waals surface area contributed by atoms with Crippen LogP contribution in [0.25, 0.3) is 0 Å². The molecular formula is C23H28N2O. The fraction of sp³-hybridized carbons (Fsp3) is 0.522. The number of fused-ring (bicyclic) bond motifs is 1. The molecule has 0 spiro atoms. The molecule has 3 nitrogen and oxygen atoms in total. The highest BCUT2D eigenvalue weighted by Gasteiger charge is 2.53. The maximum Gasteiger partial charge on any atom is 0.115 e. The Morgan fingerprint density at radius 3 is 3.00 bits per heavy atom. The zero-order valence-electron chi connectivity index (χ0n) is 15.4. The lowest BCUT2D eigenvalue weighted by atomic mass is 9.52. The highest BCUT2D eigenvalue weighted by Crippen LogP contribution is 2.56. The Labute approximate surface area is 156 Å². The fourth-order valence-corrected chi connectivity index (χ4v) is 6.15. The molecule has 2 fully saturated rings. The van der Waals surface area contributed by atoms with Gasteiger partial charge in [0.2, 0.25) is 0 Å². The van der Waals surface area contributed by atoms with Gasteiger partial charge in [0.1, 0.15) is 5.75 Å². The van der Waals surface area contributed by atoms with Crippen molar-refractivity contribution in [3.05, 3.63) is 59.4 Å². The smallest absolute Gasteiger partial charge is 0.115 e. The van der Waals surface area contributed by atoms with Gasteiger partial charge in [0.15, 0.2) is 0 Å². The lowest BCUT2D eigenvalue weighted by molar-refractivity contribution is -0.0107. The summed E-state index contributed by atoms with van der Waals surface area (Å²) in [6.45, 7) is 2.30. The van der Waals surface area contributed by atoms with E-state index in [0.717, 1.165) is 25.3 Å². The summed E-state index contributed by atoms with van der Waals surface area (Å²) in [5.41, 5.74) is 4.47. The average Bonchev–Trinajstić information content (AvgIpc) is 2.69. The maximum atomic E-state index is 10.1. The van der Waals surface area contributed by atoms with Crippen LogP contribution in [0.5, 0.6) is 5.75 Å². The van der Waals surface area contributed by atoms with Crippen molar-refractivity contribution >= 4 is 0 Å². The van der Waals surface area contributed by atoms with E-state index in [4.69, 9.17) is 0 Å². The van der Waals surface area contributed by atoms with E-state index >= 15 is 0 Å². The molecule has 1 aliphatic heterocycles. The second kappa shape index (κ2) is 6.38. The Morgan fingerprint density at radius 2 is 2.12 bits per heavy atom. The van der Waals surface area contributed by atoms with Crippen molar-refractivity contribution in [2.45, 2.75) is 56.4 Å². The van der Waals surface area contributed by atoms with Crippen LogP contribution in [-0.4, -0.2) is 34.1 Å². The summed E-state index contributed by atoms with van der Waals surface area (Å²) in [4.78, 5) is 7.26. The third-order valence-corrected chi connectivity index (χ3v) is 7.32. The molecule has 2 heterocycles. The summed E-state index contributed by atoms with van der Waals surface area (Å²) in [5, 5.41) is 10.1. The molecule has 2 bridgehead atoms. The summed E-state index contributed by atoms with van der Waals surface area (Å²) in [7, 11) is 0. The summed E-state index contributed by atoms with van der Waals surface area (Å²) in [6, 6.07) is 13.0. The molecule has 5 rings (SSSR count). The van der Waals surface area contributed by atoms with Gasteiger partial charge in [-0.1, -0.05) is 25.0 Å². The topological polar surface area (TPSA) is 36.4 Å². The van der Waals surface area contributed by atoms with E-state index < -0.39 is 0 Å². The highest BCUT2D eigenvalue weighted by molar-refractivity contribution is 5.45. The molecule has 136 valence electrons. The van der Waals surface area contributed by atoms with Crippen LogP contribution in [0, 0.1) is 5.92 Å². The molecule has 0 amide bonds. The first-order chi connectivity index (χ1) is 12.8. The van der Waals surface area contributed by atoms with E-state index in [1.807, 2.05) is 18.3 Å². The molecule has 1 aromatic carbocycles. The number of phenols is 1. The summed E-state index contributed by atoms with van der Waals surface area (Å²) >= 11 is 0. The fourth-order valence-electron chi connectivity index (χ4n) is 6.15. The Morgan fingerprint density at radius 1 is 1.15 bits per heavy atom. The van der Waals surface area contributed by atoms with Gasteiger partial charge >= 0.3 is 0 Å². The minimum Gasteiger partial charge on any atom is -0.508 e. The van der Waals surface area contributed by atoms with Crippen molar-refractivity contribution in [2.24, 2.45) is 5.92 Å². The van der Waals surface area contributed by atoms with Gasteiger partial charge in [-0.25, -0.2) is 0 Å². The van der Waals surface area contributed by atoms with Gasteiger partial charge in [-0.2, -0.15) is 0 Å². The number of aromatic hydroxyl groups is 1. The van der Waals surface area contributed by atoms with Crippen molar-refractivity contribution in [3.63, 3.8) is 0 Å². The van der Waals surface area contributed by atoms with Crippen molar-refractivity contribution in [3.8, 4) is 5.75 Å². The minimum atomic E-state index is 0.316. The van der Waals surface area contributed by atoms with Crippen molar-refractivity contribution in [1.29, 1.82) is 0 Å². The number of rotatable bonds is 3. The zero-order chi connectivity index (χ0) is 17.6. The number of benzene rings is 1. The summed E-state index contributed by atoms with van der Waals surface area (Å²) < 4.78 is 0. The van der Waals surface area contributed by atoms with Gasteiger partial charge in [0.05, 0.1) is 0 Å². The molecule has 1 saturated carbocycles. The molecule has 2 aliphatic carbocycles. The number of piperidine rings is 1. The van der Waals surface area contributed by atoms with E-state index in [1.165, 1.54) is 55.5 Å².